The van der Waals surface area contributed by atoms with E-state index in [1.165, 1.54) is 82.8 Å². The molecule has 292 valence electrons. The summed E-state index contributed by atoms with van der Waals surface area (Å²) in [5.74, 6) is 0.332. The van der Waals surface area contributed by atoms with Crippen LogP contribution < -0.4 is 0 Å². The Bertz CT molecular complexity index is 2790. The predicted octanol–water partition coefficient (Wildman–Crippen LogP) is 17.2. The standard InChI is InChI=1S/C54H42.C6H10/c1-3-49-50(4-2)52-28-26-42(48-33-45(39-21-13-7-14-22-39)30-46(34-48)40-23-15-8-16-24-40)36-54(52)53-35-41(25-27-51(49)53)47-31-43(37-17-9-5-10-18-37)29-44(32-47)38-19-11-6-12-20-38;1-3-5-6-4-2/h3-7,9-15,17-33,35-36,46H,1-2,8,16,34H2;3-6H,1-2H3/b;5-3-,6-4-. The number of rotatable bonds is 9. The van der Waals surface area contributed by atoms with Gasteiger partial charge >= 0.3 is 0 Å². The first-order chi connectivity index (χ1) is 29.6. The van der Waals surface area contributed by atoms with Crippen LogP contribution in [0, 0.1) is 5.92 Å². The van der Waals surface area contributed by atoms with E-state index in [0.717, 1.165) is 30.4 Å². The van der Waals surface area contributed by atoms with Crippen molar-refractivity contribution >= 4 is 44.8 Å². The summed E-state index contributed by atoms with van der Waals surface area (Å²) >= 11 is 0. The summed E-state index contributed by atoms with van der Waals surface area (Å²) in [6.45, 7) is 12.6. The van der Waals surface area contributed by atoms with E-state index in [9.17, 15) is 0 Å². The van der Waals surface area contributed by atoms with Crippen LogP contribution >= 0.6 is 0 Å². The fraction of sp³-hybridized carbons (Fsp3) is 0.100. The summed E-state index contributed by atoms with van der Waals surface area (Å²) in [5, 5.41) is 4.84. The van der Waals surface area contributed by atoms with Crippen molar-refractivity contribution in [2.45, 2.75) is 33.1 Å². The highest BCUT2D eigenvalue weighted by Gasteiger charge is 2.22. The summed E-state index contributed by atoms with van der Waals surface area (Å²) in [6, 6.07) is 53.2. The molecule has 0 saturated carbocycles. The van der Waals surface area contributed by atoms with Crippen LogP contribution in [0.25, 0.3) is 78.2 Å². The zero-order chi connectivity index (χ0) is 41.3. The Morgan fingerprint density at radius 2 is 0.983 bits per heavy atom. The highest BCUT2D eigenvalue weighted by atomic mass is 14.3. The van der Waals surface area contributed by atoms with Gasteiger partial charge in [0.2, 0.25) is 0 Å². The molecule has 0 spiro atoms. The molecule has 60 heavy (non-hydrogen) atoms. The van der Waals surface area contributed by atoms with Gasteiger partial charge < -0.3 is 0 Å². The van der Waals surface area contributed by atoms with Crippen LogP contribution in [0.15, 0.2) is 219 Å². The number of benzene rings is 7. The normalized spacial score (nSPS) is 15.0. The second-order valence-corrected chi connectivity index (χ2v) is 15.5. The fourth-order valence-electron chi connectivity index (χ4n) is 8.67. The van der Waals surface area contributed by atoms with Crippen LogP contribution in [0.2, 0.25) is 0 Å². The highest BCUT2D eigenvalue weighted by Crippen LogP contribution is 2.43. The summed E-state index contributed by atoms with van der Waals surface area (Å²) in [5.41, 5.74) is 16.1. The van der Waals surface area contributed by atoms with Gasteiger partial charge in [-0.25, -0.2) is 0 Å². The van der Waals surface area contributed by atoms with Gasteiger partial charge in [-0.15, -0.1) is 0 Å². The van der Waals surface area contributed by atoms with E-state index in [4.69, 9.17) is 0 Å². The third kappa shape index (κ3) is 8.56. The SMILES string of the molecule is C/C=C\C=C/C.C=Cc1c(C=C)c2ccc(-c3cc(-c4ccccc4)cc(-c4ccccc4)c3)cc2c2cc(C3=CC(c4ccccc4)=CC(C4=CCCC=C4)C3)ccc12. The van der Waals surface area contributed by atoms with Crippen LogP contribution in [0.1, 0.15) is 55.4 Å². The Morgan fingerprint density at radius 3 is 1.48 bits per heavy atom. The minimum atomic E-state index is 0.332. The second-order valence-electron chi connectivity index (χ2n) is 15.5. The van der Waals surface area contributed by atoms with Crippen molar-refractivity contribution in [1.29, 1.82) is 0 Å². The average Bonchev–Trinajstić information content (AvgIpc) is 3.33. The van der Waals surface area contributed by atoms with E-state index in [1.54, 1.807) is 0 Å². The zero-order valence-electron chi connectivity index (χ0n) is 34.8. The molecule has 0 radical (unpaired) electrons. The predicted molar refractivity (Wildman–Crippen MR) is 265 cm³/mol. The highest BCUT2D eigenvalue weighted by molar-refractivity contribution is 6.16. The van der Waals surface area contributed by atoms with Crippen molar-refractivity contribution in [2.75, 3.05) is 0 Å². The summed E-state index contributed by atoms with van der Waals surface area (Å²) in [4.78, 5) is 0. The molecule has 0 N–H and O–H groups in total. The first-order valence-corrected chi connectivity index (χ1v) is 21.2. The molecule has 7 aromatic rings. The van der Waals surface area contributed by atoms with E-state index in [0.29, 0.717) is 5.92 Å². The van der Waals surface area contributed by atoms with Gasteiger partial charge in [-0.05, 0) is 157 Å². The first-order valence-electron chi connectivity index (χ1n) is 21.2. The minimum Gasteiger partial charge on any atom is -0.0984 e. The van der Waals surface area contributed by atoms with Crippen molar-refractivity contribution in [3.63, 3.8) is 0 Å². The summed E-state index contributed by atoms with van der Waals surface area (Å²) < 4.78 is 0. The molecular formula is C60H52. The minimum absolute atomic E-state index is 0.332. The lowest BCUT2D eigenvalue weighted by atomic mass is 9.79. The zero-order valence-corrected chi connectivity index (χ0v) is 34.8. The molecule has 0 heteroatoms. The Balaban J connectivity index is 0.000000776. The van der Waals surface area contributed by atoms with Crippen molar-refractivity contribution in [3.05, 3.63) is 241 Å². The monoisotopic (exact) mass is 772 g/mol. The molecule has 7 aromatic carbocycles. The van der Waals surface area contributed by atoms with Gasteiger partial charge in [-0.1, -0.05) is 195 Å². The Labute approximate surface area is 357 Å². The van der Waals surface area contributed by atoms with Crippen molar-refractivity contribution < 1.29 is 0 Å². The fourth-order valence-corrected chi connectivity index (χ4v) is 8.67. The maximum Gasteiger partial charge on any atom is 0.00645 e. The molecule has 0 amide bonds. The molecule has 2 aliphatic rings. The van der Waals surface area contributed by atoms with Gasteiger partial charge in [-0.3, -0.25) is 0 Å². The maximum atomic E-state index is 4.28. The van der Waals surface area contributed by atoms with E-state index in [2.05, 4.69) is 189 Å². The van der Waals surface area contributed by atoms with Crippen LogP contribution in [0.3, 0.4) is 0 Å². The van der Waals surface area contributed by atoms with Gasteiger partial charge in [-0.2, -0.15) is 0 Å². The molecule has 9 rings (SSSR count). The topological polar surface area (TPSA) is 0 Å². The van der Waals surface area contributed by atoms with Crippen LogP contribution in [-0.2, 0) is 0 Å². The molecule has 0 heterocycles. The third-order valence-corrected chi connectivity index (χ3v) is 11.7. The summed E-state index contributed by atoms with van der Waals surface area (Å²) in [7, 11) is 0. The molecule has 0 saturated heterocycles. The van der Waals surface area contributed by atoms with Crippen LogP contribution in [0.4, 0.5) is 0 Å². The maximum absolute atomic E-state index is 4.28. The Hall–Kier alpha value is -7.02. The molecule has 1 unspecified atom stereocenters. The quantitative estimate of drug-likeness (QED) is 0.101. The molecule has 0 aliphatic heterocycles. The largest absolute Gasteiger partial charge is 0.0984 e. The summed E-state index contributed by atoms with van der Waals surface area (Å²) in [6.07, 6.45) is 27.2. The molecule has 0 bridgehead atoms. The van der Waals surface area contributed by atoms with Gasteiger partial charge in [0.25, 0.3) is 0 Å². The molecular weight excluding hydrogens is 721 g/mol. The van der Waals surface area contributed by atoms with E-state index < -0.39 is 0 Å². The van der Waals surface area contributed by atoms with Crippen LogP contribution in [-0.4, -0.2) is 0 Å². The second kappa shape index (κ2) is 18.7. The molecule has 0 aromatic heterocycles. The average molecular weight is 773 g/mol. The third-order valence-electron chi connectivity index (χ3n) is 11.7. The number of hydrogen-bond acceptors (Lipinski definition) is 0. The molecule has 2 aliphatic carbocycles. The first kappa shape index (κ1) is 39.8. The number of hydrogen-bond donors (Lipinski definition) is 0. The lowest BCUT2D eigenvalue weighted by Crippen LogP contribution is -2.08. The van der Waals surface area contributed by atoms with Gasteiger partial charge in [0, 0.05) is 5.92 Å². The number of fused-ring (bicyclic) bond motifs is 3. The van der Waals surface area contributed by atoms with E-state index >= 15 is 0 Å². The van der Waals surface area contributed by atoms with Crippen LogP contribution in [0.5, 0.6) is 0 Å². The van der Waals surface area contributed by atoms with Crippen molar-refractivity contribution in [1.82, 2.24) is 0 Å². The number of allylic oxidation sites excluding steroid dienone is 12. The van der Waals surface area contributed by atoms with Gasteiger partial charge in [0.1, 0.15) is 0 Å². The molecule has 0 nitrogen and oxygen atoms in total. The van der Waals surface area contributed by atoms with E-state index in [-0.39, 0.29) is 0 Å². The van der Waals surface area contributed by atoms with Crippen molar-refractivity contribution in [3.8, 4) is 33.4 Å². The van der Waals surface area contributed by atoms with Gasteiger partial charge in [0.05, 0.1) is 0 Å². The van der Waals surface area contributed by atoms with E-state index in [1.807, 2.05) is 50.3 Å². The molecule has 1 atom stereocenters. The van der Waals surface area contributed by atoms with Gasteiger partial charge in [0.15, 0.2) is 0 Å². The molecule has 0 fully saturated rings. The van der Waals surface area contributed by atoms with Crippen molar-refractivity contribution in [2.24, 2.45) is 5.92 Å². The Morgan fingerprint density at radius 1 is 0.483 bits per heavy atom. The lowest BCUT2D eigenvalue weighted by Gasteiger charge is -2.25. The smallest absolute Gasteiger partial charge is 0.00645 e. The Kier molecular flexibility index (Phi) is 12.4. The lowest BCUT2D eigenvalue weighted by molar-refractivity contribution is 0.785.